The first kappa shape index (κ1) is 3.32. The lowest BCUT2D eigenvalue weighted by Crippen LogP contribution is -1.83. The van der Waals surface area contributed by atoms with Crippen molar-refractivity contribution in [3.05, 3.63) is 0 Å². The molecule has 1 aliphatic rings. The lowest BCUT2D eigenvalue weighted by atomic mass is 9.67. The molecule has 0 amide bonds. The zero-order valence-corrected chi connectivity index (χ0v) is 3.07. The normalized spacial score (nSPS) is 29.6. The Labute approximate surface area is 34.8 Å². The average molecular weight is 61.7 g/mol. The van der Waals surface area contributed by atoms with Crippen molar-refractivity contribution in [2.45, 2.75) is 18.1 Å². The van der Waals surface area contributed by atoms with Crippen LogP contribution in [0.15, 0.2) is 0 Å². The van der Waals surface area contributed by atoms with Gasteiger partial charge in [-0.3, -0.25) is 0 Å². The molecular weight excluding hydrogens is 57.7 g/mol. The van der Waals surface area contributed by atoms with E-state index in [9.17, 15) is 0 Å². The largest absolute Gasteiger partial charge is 0.0990 e. The quantitative estimate of drug-likeness (QED) is 0.352. The van der Waals surface area contributed by atoms with Crippen molar-refractivity contribution in [2.75, 3.05) is 0 Å². The van der Waals surface area contributed by atoms with Crippen LogP contribution in [-0.4, -0.2) is 15.7 Å². The molecular formula is C3H4B2. The van der Waals surface area contributed by atoms with Gasteiger partial charge in [-0.1, -0.05) is 18.1 Å². The van der Waals surface area contributed by atoms with E-state index in [4.69, 9.17) is 15.7 Å². The molecule has 0 aromatic rings. The Morgan fingerprint density at radius 3 is 1.40 bits per heavy atom. The van der Waals surface area contributed by atoms with Crippen LogP contribution in [0.25, 0.3) is 0 Å². The van der Waals surface area contributed by atoms with Crippen molar-refractivity contribution >= 4 is 15.7 Å². The van der Waals surface area contributed by atoms with Crippen LogP contribution in [0.2, 0.25) is 5.21 Å². The summed E-state index contributed by atoms with van der Waals surface area (Å²) in [6.07, 6.45) is 2.01. The summed E-state index contributed by atoms with van der Waals surface area (Å²) in [5.41, 5.74) is 0. The Hall–Kier alpha value is 0.130. The first-order chi connectivity index (χ1) is 2.21. The molecule has 0 nitrogen and oxygen atoms in total. The van der Waals surface area contributed by atoms with E-state index in [1.165, 1.54) is 0 Å². The first-order valence-electron chi connectivity index (χ1n) is 1.78. The zero-order valence-electron chi connectivity index (χ0n) is 3.07. The van der Waals surface area contributed by atoms with Crippen molar-refractivity contribution in [3.63, 3.8) is 0 Å². The molecule has 4 radical (unpaired) electrons. The van der Waals surface area contributed by atoms with E-state index in [1.54, 1.807) is 0 Å². The van der Waals surface area contributed by atoms with Crippen LogP contribution in [-0.2, 0) is 0 Å². The molecule has 22 valence electrons. The highest BCUT2D eigenvalue weighted by Gasteiger charge is 2.29. The van der Waals surface area contributed by atoms with Crippen LogP contribution in [0, 0.1) is 0 Å². The molecule has 0 aromatic heterocycles. The maximum atomic E-state index is 5.24. The first-order valence-corrected chi connectivity index (χ1v) is 1.78. The van der Waals surface area contributed by atoms with Crippen LogP contribution in [0.1, 0.15) is 12.8 Å². The van der Waals surface area contributed by atoms with Gasteiger partial charge >= 0.3 is 0 Å². The second kappa shape index (κ2) is 0.612. The molecule has 0 heterocycles. The molecule has 0 unspecified atom stereocenters. The maximum absolute atomic E-state index is 5.24. The number of rotatable bonds is 0. The number of hydrogen-bond donors (Lipinski definition) is 0. The van der Waals surface area contributed by atoms with Gasteiger partial charge in [0.2, 0.25) is 0 Å². The molecule has 0 aromatic carbocycles. The Morgan fingerprint density at radius 1 is 1.20 bits per heavy atom. The van der Waals surface area contributed by atoms with Gasteiger partial charge in [0.15, 0.2) is 0 Å². The zero-order chi connectivity index (χ0) is 3.91. The third-order valence-corrected chi connectivity index (χ3v) is 0.827. The van der Waals surface area contributed by atoms with Crippen LogP contribution >= 0.6 is 0 Å². The van der Waals surface area contributed by atoms with Gasteiger partial charge in [0.25, 0.3) is 0 Å². The van der Waals surface area contributed by atoms with Crippen LogP contribution < -0.4 is 0 Å². The van der Waals surface area contributed by atoms with E-state index < -0.39 is 0 Å². The van der Waals surface area contributed by atoms with E-state index in [1.807, 2.05) is 0 Å². The minimum Gasteiger partial charge on any atom is -0.0990 e. The van der Waals surface area contributed by atoms with Crippen molar-refractivity contribution in [2.24, 2.45) is 0 Å². The predicted octanol–water partition coefficient (Wildman–Crippen LogP) is 0.233. The third kappa shape index (κ3) is 0.712. The van der Waals surface area contributed by atoms with Crippen molar-refractivity contribution in [1.29, 1.82) is 0 Å². The van der Waals surface area contributed by atoms with Gasteiger partial charge in [0, 0.05) is 0 Å². The average Bonchev–Trinajstić information content (AvgIpc) is 1.76. The van der Waals surface area contributed by atoms with Crippen molar-refractivity contribution in [3.8, 4) is 0 Å². The van der Waals surface area contributed by atoms with Crippen molar-refractivity contribution < 1.29 is 0 Å². The SMILES string of the molecule is [B]C1([B])CC1. The summed E-state index contributed by atoms with van der Waals surface area (Å²) in [4.78, 5) is 0. The molecule has 0 spiro atoms. The van der Waals surface area contributed by atoms with E-state index in [2.05, 4.69) is 0 Å². The van der Waals surface area contributed by atoms with Crippen LogP contribution in [0.5, 0.6) is 0 Å². The van der Waals surface area contributed by atoms with Gasteiger partial charge in [-0.15, -0.1) is 0 Å². The predicted molar refractivity (Wildman–Crippen MR) is 23.4 cm³/mol. The standard InChI is InChI=1S/C3H4B2/c4-3(5)1-2-3/h1-2H2. The van der Waals surface area contributed by atoms with E-state index in [0.717, 1.165) is 12.8 Å². The third-order valence-electron chi connectivity index (χ3n) is 0.827. The summed E-state index contributed by atoms with van der Waals surface area (Å²) in [6.45, 7) is 0. The lowest BCUT2D eigenvalue weighted by Gasteiger charge is -1.86. The second-order valence-electron chi connectivity index (χ2n) is 1.73. The molecule has 1 fully saturated rings. The highest BCUT2D eigenvalue weighted by Crippen LogP contribution is 2.45. The summed E-state index contributed by atoms with van der Waals surface area (Å²) in [7, 11) is 10.5. The number of hydrogen-bond acceptors (Lipinski definition) is 0. The molecule has 2 heteroatoms. The van der Waals surface area contributed by atoms with Crippen LogP contribution in [0.4, 0.5) is 0 Å². The second-order valence-corrected chi connectivity index (χ2v) is 1.73. The molecule has 1 saturated carbocycles. The molecule has 0 bridgehead atoms. The molecule has 0 atom stereocenters. The lowest BCUT2D eigenvalue weighted by molar-refractivity contribution is 1.32. The Morgan fingerprint density at radius 2 is 1.40 bits per heavy atom. The fraction of sp³-hybridized carbons (Fsp3) is 1.00. The van der Waals surface area contributed by atoms with Gasteiger partial charge in [-0.25, -0.2) is 0 Å². The van der Waals surface area contributed by atoms with E-state index in [0.29, 0.717) is 0 Å². The Bertz CT molecular complexity index is 42.9. The summed E-state index contributed by atoms with van der Waals surface area (Å²) >= 11 is 0. The van der Waals surface area contributed by atoms with Gasteiger partial charge in [0.05, 0.1) is 15.7 Å². The van der Waals surface area contributed by atoms with E-state index >= 15 is 0 Å². The highest BCUT2D eigenvalue weighted by atomic mass is 14.2. The molecule has 0 saturated heterocycles. The fourth-order valence-corrected chi connectivity index (χ4v) is 0.144. The highest BCUT2D eigenvalue weighted by molar-refractivity contribution is 6.41. The van der Waals surface area contributed by atoms with Gasteiger partial charge in [-0.05, 0) is 0 Å². The van der Waals surface area contributed by atoms with Crippen molar-refractivity contribution in [1.82, 2.24) is 0 Å². The molecule has 1 aliphatic carbocycles. The summed E-state index contributed by atoms with van der Waals surface area (Å²) < 4.78 is 0. The topological polar surface area (TPSA) is 0 Å². The van der Waals surface area contributed by atoms with Gasteiger partial charge in [-0.2, -0.15) is 0 Å². The Balaban J connectivity index is 2.38. The molecule has 0 aliphatic heterocycles. The van der Waals surface area contributed by atoms with E-state index in [-0.39, 0.29) is 5.21 Å². The Kier molecular flexibility index (Phi) is 0.407. The minimum absolute atomic E-state index is 0.250. The minimum atomic E-state index is -0.250. The smallest absolute Gasteiger partial charge is 0.0620 e. The fourth-order valence-electron chi connectivity index (χ4n) is 0.144. The molecule has 0 N–H and O–H groups in total. The summed E-state index contributed by atoms with van der Waals surface area (Å²) in [5, 5.41) is -0.250. The van der Waals surface area contributed by atoms with Gasteiger partial charge in [0.1, 0.15) is 0 Å². The maximum Gasteiger partial charge on any atom is 0.0620 e. The summed E-state index contributed by atoms with van der Waals surface area (Å²) in [5.74, 6) is 0. The summed E-state index contributed by atoms with van der Waals surface area (Å²) in [6, 6.07) is 0. The molecule has 1 rings (SSSR count). The monoisotopic (exact) mass is 62.0 g/mol. The van der Waals surface area contributed by atoms with Gasteiger partial charge < -0.3 is 0 Å². The molecule has 5 heavy (non-hydrogen) atoms. The van der Waals surface area contributed by atoms with Crippen LogP contribution in [0.3, 0.4) is 0 Å².